The third-order valence-corrected chi connectivity index (χ3v) is 3.57. The van der Waals surface area contributed by atoms with E-state index in [0.717, 1.165) is 21.8 Å². The molecule has 1 heterocycles. The minimum Gasteiger partial charge on any atom is -0.325 e. The first-order chi connectivity index (χ1) is 10.2. The van der Waals surface area contributed by atoms with E-state index in [-0.39, 0.29) is 5.91 Å². The summed E-state index contributed by atoms with van der Waals surface area (Å²) < 4.78 is 0. The van der Waals surface area contributed by atoms with Crippen LogP contribution in [0.1, 0.15) is 6.42 Å². The summed E-state index contributed by atoms with van der Waals surface area (Å²) in [5.74, 6) is -0.168. The topological polar surface area (TPSA) is 67.5 Å². The molecule has 3 rings (SSSR count). The van der Waals surface area contributed by atoms with Gasteiger partial charge in [0.15, 0.2) is 0 Å². The van der Waals surface area contributed by atoms with E-state index in [0.29, 0.717) is 13.0 Å². The Labute approximate surface area is 123 Å². The summed E-state index contributed by atoms with van der Waals surface area (Å²) in [6, 6.07) is 16.7. The molecule has 1 atom stereocenters. The summed E-state index contributed by atoms with van der Waals surface area (Å²) in [5.41, 5.74) is 7.92. The predicted molar refractivity (Wildman–Crippen MR) is 83.2 cm³/mol. The normalized spacial score (nSPS) is 14.2. The minimum atomic E-state index is -0.568. The smallest absolute Gasteiger partial charge is 0.241 e. The van der Waals surface area contributed by atoms with Crippen molar-refractivity contribution in [2.75, 3.05) is 11.9 Å². The average molecular weight is 279 g/mol. The monoisotopic (exact) mass is 279 g/mol. The van der Waals surface area contributed by atoms with Crippen LogP contribution in [0.5, 0.6) is 0 Å². The number of rotatable bonds is 4. The lowest BCUT2D eigenvalue weighted by atomic mass is 10.0. The van der Waals surface area contributed by atoms with Gasteiger partial charge < -0.3 is 11.1 Å². The largest absolute Gasteiger partial charge is 0.325 e. The van der Waals surface area contributed by atoms with Gasteiger partial charge in [0.25, 0.3) is 0 Å². The van der Waals surface area contributed by atoms with Gasteiger partial charge in [-0.2, -0.15) is 0 Å². The second kappa shape index (κ2) is 5.89. The number of carbonyl (C=O) groups is 1. The average Bonchev–Trinajstić information content (AvgIpc) is 2.91. The van der Waals surface area contributed by atoms with Gasteiger partial charge in [-0.25, -0.2) is 0 Å². The number of amides is 1. The van der Waals surface area contributed by atoms with E-state index in [9.17, 15) is 4.79 Å². The molecule has 0 aromatic heterocycles. The van der Waals surface area contributed by atoms with E-state index in [1.54, 1.807) is 0 Å². The van der Waals surface area contributed by atoms with Gasteiger partial charge in [-0.3, -0.25) is 9.79 Å². The number of nitrogens with zero attached hydrogens (tertiary/aromatic N) is 1. The Hall–Kier alpha value is -2.46. The number of anilines is 1. The lowest BCUT2D eigenvalue weighted by molar-refractivity contribution is -0.117. The Morgan fingerprint density at radius 2 is 1.86 bits per heavy atom. The number of carbonyl (C=O) groups excluding carboxylic acids is 1. The predicted octanol–water partition coefficient (Wildman–Crippen LogP) is 0.827. The van der Waals surface area contributed by atoms with Gasteiger partial charge in [-0.15, -0.1) is 0 Å². The second-order valence-corrected chi connectivity index (χ2v) is 5.10. The number of hydrogen-bond acceptors (Lipinski definition) is 3. The van der Waals surface area contributed by atoms with E-state index in [2.05, 4.69) is 10.3 Å². The molecular formula is C17H17N3O. The van der Waals surface area contributed by atoms with Crippen LogP contribution in [0, 0.1) is 0 Å². The zero-order valence-corrected chi connectivity index (χ0v) is 11.6. The van der Waals surface area contributed by atoms with Crippen molar-refractivity contribution < 1.29 is 4.79 Å². The summed E-state index contributed by atoms with van der Waals surface area (Å²) >= 11 is 0. The molecular weight excluding hydrogens is 262 g/mol. The van der Waals surface area contributed by atoms with Gasteiger partial charge in [0, 0.05) is 10.9 Å². The molecule has 0 saturated carbocycles. The quantitative estimate of drug-likeness (QED) is 0.870. The van der Waals surface area contributed by atoms with Crippen LogP contribution in [0.15, 0.2) is 59.6 Å². The van der Waals surface area contributed by atoms with Crippen molar-refractivity contribution in [1.82, 2.24) is 0 Å². The van der Waals surface area contributed by atoms with Crippen LogP contribution < -0.4 is 21.6 Å². The first kappa shape index (κ1) is 13.5. The van der Waals surface area contributed by atoms with Crippen molar-refractivity contribution in [2.24, 2.45) is 10.7 Å². The maximum atomic E-state index is 12.1. The van der Waals surface area contributed by atoms with E-state index in [1.807, 2.05) is 54.6 Å². The van der Waals surface area contributed by atoms with Crippen molar-refractivity contribution >= 4 is 17.2 Å². The van der Waals surface area contributed by atoms with Crippen LogP contribution >= 0.6 is 0 Å². The van der Waals surface area contributed by atoms with Gasteiger partial charge in [0.2, 0.25) is 5.91 Å². The Kier molecular flexibility index (Phi) is 3.79. The first-order valence-corrected chi connectivity index (χ1v) is 6.97. The summed E-state index contributed by atoms with van der Waals surface area (Å²) in [4.78, 5) is 16.6. The van der Waals surface area contributed by atoms with E-state index < -0.39 is 6.04 Å². The summed E-state index contributed by atoms with van der Waals surface area (Å²) in [5, 5.41) is 4.93. The molecule has 0 radical (unpaired) electrons. The number of nitrogens with one attached hydrogen (secondary N) is 1. The van der Waals surface area contributed by atoms with Gasteiger partial charge in [0.05, 0.1) is 17.9 Å². The minimum absolute atomic E-state index is 0.168. The summed E-state index contributed by atoms with van der Waals surface area (Å²) in [6.07, 6.45) is 0.527. The van der Waals surface area contributed by atoms with Crippen LogP contribution in [0.2, 0.25) is 0 Å². The number of nitrogens with two attached hydrogens (primary N) is 1. The van der Waals surface area contributed by atoms with Crippen molar-refractivity contribution in [3.8, 4) is 0 Å². The second-order valence-electron chi connectivity index (χ2n) is 5.10. The Bertz CT molecular complexity index is 768. The fourth-order valence-electron chi connectivity index (χ4n) is 2.47. The molecule has 1 aliphatic rings. The van der Waals surface area contributed by atoms with Crippen molar-refractivity contribution in [3.63, 3.8) is 0 Å². The van der Waals surface area contributed by atoms with Gasteiger partial charge in [-0.1, -0.05) is 36.4 Å². The molecule has 0 fully saturated rings. The molecule has 1 aliphatic heterocycles. The number of hydrogen-bond donors (Lipinski definition) is 2. The van der Waals surface area contributed by atoms with Crippen LogP contribution in [-0.2, 0) is 4.79 Å². The van der Waals surface area contributed by atoms with Crippen LogP contribution in [0.3, 0.4) is 0 Å². The first-order valence-electron chi connectivity index (χ1n) is 6.97. The number of para-hydroxylation sites is 2. The zero-order valence-electron chi connectivity index (χ0n) is 11.6. The molecule has 1 amide bonds. The van der Waals surface area contributed by atoms with Crippen LogP contribution in [-0.4, -0.2) is 18.5 Å². The lowest BCUT2D eigenvalue weighted by Crippen LogP contribution is -2.37. The number of benzene rings is 2. The van der Waals surface area contributed by atoms with E-state index in [4.69, 9.17) is 5.73 Å². The molecule has 4 nitrogen and oxygen atoms in total. The Morgan fingerprint density at radius 3 is 2.67 bits per heavy atom. The molecule has 0 spiro atoms. The molecule has 2 aromatic carbocycles. The Balaban J connectivity index is 1.72. The standard InChI is InChI=1S/C17H17N3O/c18-15(17(21)20-13-6-2-1-3-7-13)10-12-11-19-16-9-5-4-8-14(12)16/h1-9,15H,10-11,18H2,(H,20,21)/t15-/m0/s1. The fraction of sp³-hybridized carbons (Fsp3) is 0.176. The molecule has 0 saturated heterocycles. The molecule has 106 valence electrons. The number of fused-ring (bicyclic) bond motifs is 1. The van der Waals surface area contributed by atoms with Crippen LogP contribution in [0.4, 0.5) is 5.69 Å². The maximum absolute atomic E-state index is 12.1. The molecule has 2 aromatic rings. The third kappa shape index (κ3) is 3.01. The third-order valence-electron chi connectivity index (χ3n) is 3.57. The van der Waals surface area contributed by atoms with Crippen molar-refractivity contribution in [3.05, 3.63) is 65.2 Å². The lowest BCUT2D eigenvalue weighted by Gasteiger charge is -2.12. The summed E-state index contributed by atoms with van der Waals surface area (Å²) in [6.45, 7) is 0.631. The molecule has 0 bridgehead atoms. The zero-order chi connectivity index (χ0) is 14.7. The molecule has 0 aliphatic carbocycles. The van der Waals surface area contributed by atoms with E-state index in [1.165, 1.54) is 0 Å². The summed E-state index contributed by atoms with van der Waals surface area (Å²) in [7, 11) is 0. The highest BCUT2D eigenvalue weighted by molar-refractivity contribution is 5.95. The van der Waals surface area contributed by atoms with Gasteiger partial charge >= 0.3 is 0 Å². The highest BCUT2D eigenvalue weighted by Gasteiger charge is 2.17. The SMILES string of the molecule is N[C@@H](CC1=c2ccccc2=NC1)C(=O)Nc1ccccc1. The fourth-order valence-corrected chi connectivity index (χ4v) is 2.47. The van der Waals surface area contributed by atoms with E-state index >= 15 is 0 Å². The van der Waals surface area contributed by atoms with Gasteiger partial charge in [0.1, 0.15) is 0 Å². The van der Waals surface area contributed by atoms with Crippen LogP contribution in [0.25, 0.3) is 5.57 Å². The molecule has 0 unspecified atom stereocenters. The van der Waals surface area contributed by atoms with Crippen molar-refractivity contribution in [2.45, 2.75) is 12.5 Å². The molecule has 4 heteroatoms. The van der Waals surface area contributed by atoms with Gasteiger partial charge in [-0.05, 0) is 30.2 Å². The van der Waals surface area contributed by atoms with Crippen molar-refractivity contribution in [1.29, 1.82) is 0 Å². The molecule has 21 heavy (non-hydrogen) atoms. The highest BCUT2D eigenvalue weighted by atomic mass is 16.2. The molecule has 3 N–H and O–H groups in total. The highest BCUT2D eigenvalue weighted by Crippen LogP contribution is 2.10. The Morgan fingerprint density at radius 1 is 1.14 bits per heavy atom. The maximum Gasteiger partial charge on any atom is 0.241 e.